The van der Waals surface area contributed by atoms with Gasteiger partial charge in [0, 0.05) is 12.1 Å². The van der Waals surface area contributed by atoms with Crippen LogP contribution in [0.25, 0.3) is 0 Å². The van der Waals surface area contributed by atoms with Gasteiger partial charge in [0.15, 0.2) is 0 Å². The molecule has 29 heavy (non-hydrogen) atoms. The Bertz CT molecular complexity index is 659. The van der Waals surface area contributed by atoms with Gasteiger partial charge in [-0.1, -0.05) is 39.0 Å². The van der Waals surface area contributed by atoms with E-state index in [1.807, 2.05) is 0 Å². The van der Waals surface area contributed by atoms with Gasteiger partial charge in [0.25, 0.3) is 0 Å². The fraction of sp³-hybridized carbons (Fsp3) is 0.773. The van der Waals surface area contributed by atoms with Gasteiger partial charge in [-0.2, -0.15) is 9.97 Å². The summed E-state index contributed by atoms with van der Waals surface area (Å²) in [7, 11) is 0. The quantitative estimate of drug-likeness (QED) is 0.569. The molecule has 0 spiro atoms. The Morgan fingerprint density at radius 2 is 1.69 bits per heavy atom. The normalized spacial score (nSPS) is 17.4. The molecule has 1 aromatic heterocycles. The van der Waals surface area contributed by atoms with Crippen LogP contribution in [0.2, 0.25) is 0 Å². The van der Waals surface area contributed by atoms with Crippen molar-refractivity contribution in [2.45, 2.75) is 77.6 Å². The highest BCUT2D eigenvalue weighted by atomic mass is 16.5. The number of fused-ring (bicyclic) bond motifs is 1. The van der Waals surface area contributed by atoms with Gasteiger partial charge in [-0.05, 0) is 51.7 Å². The minimum Gasteiger partial charge on any atom is -0.463 e. The first-order valence-electron chi connectivity index (χ1n) is 11.5. The number of rotatable bonds is 11. The maximum atomic E-state index is 12.5. The second kappa shape index (κ2) is 11.3. The number of likely N-dealkylation sites (tertiary alicyclic amines) is 1. The third kappa shape index (κ3) is 6.29. The molecule has 2 aliphatic heterocycles. The van der Waals surface area contributed by atoms with Crippen molar-refractivity contribution in [3.05, 3.63) is 5.56 Å². The number of nitrogens with zero attached hydrogens (tertiary/aromatic N) is 4. The van der Waals surface area contributed by atoms with E-state index in [-0.39, 0.29) is 11.9 Å². The Kier molecular flexibility index (Phi) is 8.52. The van der Waals surface area contributed by atoms with Gasteiger partial charge in [0.05, 0.1) is 13.0 Å². The summed E-state index contributed by atoms with van der Waals surface area (Å²) in [6, 6.07) is 0.284. The summed E-state index contributed by atoms with van der Waals surface area (Å²) >= 11 is 0. The van der Waals surface area contributed by atoms with E-state index in [4.69, 9.17) is 10.5 Å². The van der Waals surface area contributed by atoms with E-state index in [2.05, 4.69) is 21.8 Å². The fourth-order valence-corrected chi connectivity index (χ4v) is 4.15. The second-order valence-corrected chi connectivity index (χ2v) is 8.29. The first-order chi connectivity index (χ1) is 14.2. The number of anilines is 2. The maximum Gasteiger partial charge on any atom is 0.320 e. The van der Waals surface area contributed by atoms with Crippen molar-refractivity contribution in [1.29, 1.82) is 0 Å². The van der Waals surface area contributed by atoms with Crippen molar-refractivity contribution in [1.82, 2.24) is 14.9 Å². The molecule has 7 heteroatoms. The molecule has 0 bridgehead atoms. The molecule has 1 saturated heterocycles. The van der Waals surface area contributed by atoms with Crippen LogP contribution < -0.4 is 15.4 Å². The largest absolute Gasteiger partial charge is 0.463 e. The number of nitrogen functional groups attached to an aromatic ring is 1. The summed E-state index contributed by atoms with van der Waals surface area (Å²) in [6.07, 6.45) is 12.3. The summed E-state index contributed by atoms with van der Waals surface area (Å²) in [5, 5.41) is 0. The van der Waals surface area contributed by atoms with Crippen LogP contribution in [0.4, 0.5) is 11.6 Å². The van der Waals surface area contributed by atoms with Crippen LogP contribution in [0, 0.1) is 0 Å². The average Bonchev–Trinajstić information content (AvgIpc) is 2.86. The molecule has 1 fully saturated rings. The number of unbranched alkanes of at least 4 members (excludes halogenated alkanes) is 4. The summed E-state index contributed by atoms with van der Waals surface area (Å²) < 4.78 is 5.62. The van der Waals surface area contributed by atoms with Crippen molar-refractivity contribution in [3.8, 4) is 6.01 Å². The number of amides is 1. The fourth-order valence-electron chi connectivity index (χ4n) is 4.15. The molecule has 2 aliphatic rings. The van der Waals surface area contributed by atoms with Gasteiger partial charge in [0.2, 0.25) is 5.91 Å². The highest BCUT2D eigenvalue weighted by Gasteiger charge is 2.31. The SMILES string of the molecule is CCCCOc1nc(N)c2c(n1)N(CCCCCCN1CCCCCC1)C(=O)C2. The Hall–Kier alpha value is -1.89. The highest BCUT2D eigenvalue weighted by molar-refractivity contribution is 6.01. The molecule has 0 aromatic carbocycles. The molecule has 162 valence electrons. The predicted molar refractivity (Wildman–Crippen MR) is 116 cm³/mol. The molecule has 7 nitrogen and oxygen atoms in total. The van der Waals surface area contributed by atoms with Gasteiger partial charge in [-0.3, -0.25) is 9.69 Å². The molecule has 1 amide bonds. The molecule has 1 aromatic rings. The van der Waals surface area contributed by atoms with E-state index in [0.717, 1.165) is 31.2 Å². The van der Waals surface area contributed by atoms with E-state index >= 15 is 0 Å². The lowest BCUT2D eigenvalue weighted by Crippen LogP contribution is -2.28. The predicted octanol–water partition coefficient (Wildman–Crippen LogP) is 3.56. The molecular weight excluding hydrogens is 366 g/mol. The number of hydrogen-bond acceptors (Lipinski definition) is 6. The van der Waals surface area contributed by atoms with Crippen LogP contribution in [0.3, 0.4) is 0 Å². The molecule has 0 aliphatic carbocycles. The maximum absolute atomic E-state index is 12.5. The molecule has 0 radical (unpaired) electrons. The van der Waals surface area contributed by atoms with Gasteiger partial charge in [-0.25, -0.2) is 0 Å². The first kappa shape index (κ1) is 21.8. The number of ether oxygens (including phenoxy) is 1. The molecule has 2 N–H and O–H groups in total. The lowest BCUT2D eigenvalue weighted by Gasteiger charge is -2.20. The molecule has 0 atom stereocenters. The number of carbonyl (C=O) groups excluding carboxylic acids is 1. The van der Waals surface area contributed by atoms with Gasteiger partial charge in [0.1, 0.15) is 11.6 Å². The van der Waals surface area contributed by atoms with Crippen LogP contribution in [-0.2, 0) is 11.2 Å². The lowest BCUT2D eigenvalue weighted by atomic mass is 10.2. The Balaban J connectivity index is 1.43. The Morgan fingerprint density at radius 3 is 2.41 bits per heavy atom. The Labute approximate surface area is 175 Å². The van der Waals surface area contributed by atoms with Gasteiger partial charge >= 0.3 is 6.01 Å². The summed E-state index contributed by atoms with van der Waals surface area (Å²) in [4.78, 5) is 25.6. The van der Waals surface area contributed by atoms with Crippen molar-refractivity contribution < 1.29 is 9.53 Å². The van der Waals surface area contributed by atoms with Crippen LogP contribution in [0.1, 0.15) is 76.7 Å². The Morgan fingerprint density at radius 1 is 0.966 bits per heavy atom. The van der Waals surface area contributed by atoms with Crippen LogP contribution >= 0.6 is 0 Å². The highest BCUT2D eigenvalue weighted by Crippen LogP contribution is 2.32. The first-order valence-corrected chi connectivity index (χ1v) is 11.5. The van der Waals surface area contributed by atoms with E-state index < -0.39 is 0 Å². The smallest absolute Gasteiger partial charge is 0.320 e. The van der Waals surface area contributed by atoms with Crippen molar-refractivity contribution in [3.63, 3.8) is 0 Å². The number of aromatic nitrogens is 2. The van der Waals surface area contributed by atoms with Crippen LogP contribution in [0.15, 0.2) is 0 Å². The third-order valence-corrected chi connectivity index (χ3v) is 5.92. The van der Waals surface area contributed by atoms with E-state index in [9.17, 15) is 4.79 Å². The minimum absolute atomic E-state index is 0.0660. The lowest BCUT2D eigenvalue weighted by molar-refractivity contribution is -0.117. The molecule has 0 saturated carbocycles. The van der Waals surface area contributed by atoms with Gasteiger partial charge < -0.3 is 15.4 Å². The standard InChI is InChI=1S/C22H37N5O2/c1-2-3-16-29-22-24-20(23)18-17-19(28)27(21(18)25-22)15-11-7-6-10-14-26-12-8-4-5-9-13-26/h2-17H2,1H3,(H2,23,24,25). The van der Waals surface area contributed by atoms with Crippen molar-refractivity contribution >= 4 is 17.5 Å². The number of nitrogens with two attached hydrogens (primary N) is 1. The minimum atomic E-state index is 0.0660. The van der Waals surface area contributed by atoms with Crippen molar-refractivity contribution in [2.75, 3.05) is 43.4 Å². The zero-order chi connectivity index (χ0) is 20.5. The second-order valence-electron chi connectivity index (χ2n) is 8.29. The van der Waals surface area contributed by atoms with E-state index in [1.54, 1.807) is 4.90 Å². The van der Waals surface area contributed by atoms with E-state index in [0.29, 0.717) is 31.2 Å². The van der Waals surface area contributed by atoms with Crippen molar-refractivity contribution in [2.24, 2.45) is 0 Å². The topological polar surface area (TPSA) is 84.6 Å². The summed E-state index contributed by atoms with van der Waals surface area (Å²) in [5.41, 5.74) is 6.81. The zero-order valence-corrected chi connectivity index (χ0v) is 18.0. The summed E-state index contributed by atoms with van der Waals surface area (Å²) in [6.45, 7) is 7.12. The zero-order valence-electron chi connectivity index (χ0n) is 18.0. The number of carbonyl (C=O) groups is 1. The molecular formula is C22H37N5O2. The van der Waals surface area contributed by atoms with Gasteiger partial charge in [-0.15, -0.1) is 0 Å². The summed E-state index contributed by atoms with van der Waals surface area (Å²) in [5.74, 6) is 1.09. The monoisotopic (exact) mass is 403 g/mol. The number of hydrogen-bond donors (Lipinski definition) is 1. The molecule has 3 heterocycles. The molecule has 0 unspecified atom stereocenters. The molecule has 3 rings (SSSR count). The van der Waals surface area contributed by atoms with E-state index in [1.165, 1.54) is 58.2 Å². The van der Waals surface area contributed by atoms with Crippen LogP contribution in [-0.4, -0.2) is 53.6 Å². The third-order valence-electron chi connectivity index (χ3n) is 5.92. The van der Waals surface area contributed by atoms with Crippen LogP contribution in [0.5, 0.6) is 6.01 Å². The average molecular weight is 404 g/mol.